The van der Waals surface area contributed by atoms with Crippen molar-refractivity contribution in [1.29, 1.82) is 5.26 Å². The van der Waals surface area contributed by atoms with E-state index >= 15 is 0 Å². The third kappa shape index (κ3) is 1.69. The van der Waals surface area contributed by atoms with Crippen LogP contribution in [0.3, 0.4) is 0 Å². The number of benzene rings is 1. The van der Waals surface area contributed by atoms with Gasteiger partial charge in [0.25, 0.3) is 0 Å². The molecule has 1 aromatic rings. The monoisotopic (exact) mass is 191 g/mol. The zero-order valence-corrected chi connectivity index (χ0v) is 7.88. The van der Waals surface area contributed by atoms with E-state index in [1.54, 1.807) is 11.8 Å². The molecule has 1 fully saturated rings. The molecule has 0 saturated carbocycles. The van der Waals surface area contributed by atoms with Gasteiger partial charge in [-0.15, -0.1) is 0 Å². The minimum absolute atomic E-state index is 0.332. The molecular weight excluding hydrogens is 182 g/mol. The average molecular weight is 191 g/mol. The molecule has 1 aliphatic rings. The summed E-state index contributed by atoms with van der Waals surface area (Å²) < 4.78 is 4.73. The molecule has 1 aromatic carbocycles. The van der Waals surface area contributed by atoms with Gasteiger partial charge in [0.15, 0.2) is 4.75 Å². The van der Waals surface area contributed by atoms with E-state index in [9.17, 15) is 0 Å². The standard InChI is InChI=1S/C10H9NOS/c11-6-10(7-12-8-10)13-9-4-2-1-3-5-9/h1-5H,7-8H2. The first-order valence-electron chi connectivity index (χ1n) is 4.08. The van der Waals surface area contributed by atoms with Gasteiger partial charge >= 0.3 is 0 Å². The average Bonchev–Trinajstić information content (AvgIpc) is 2.13. The highest BCUT2D eigenvalue weighted by molar-refractivity contribution is 8.01. The summed E-state index contributed by atoms with van der Waals surface area (Å²) in [4.78, 5) is 1.13. The van der Waals surface area contributed by atoms with E-state index in [0.29, 0.717) is 13.2 Å². The molecule has 0 spiro atoms. The first-order chi connectivity index (χ1) is 6.35. The summed E-state index contributed by atoms with van der Waals surface area (Å²) in [6.07, 6.45) is 0. The maximum Gasteiger partial charge on any atom is 0.153 e. The van der Waals surface area contributed by atoms with Crippen LogP contribution >= 0.6 is 11.8 Å². The van der Waals surface area contributed by atoms with Crippen molar-refractivity contribution in [3.8, 4) is 6.07 Å². The third-order valence-electron chi connectivity index (χ3n) is 1.93. The van der Waals surface area contributed by atoms with Crippen molar-refractivity contribution in [2.75, 3.05) is 13.2 Å². The van der Waals surface area contributed by atoms with Crippen molar-refractivity contribution < 1.29 is 4.74 Å². The van der Waals surface area contributed by atoms with Crippen LogP contribution in [0, 0.1) is 11.3 Å². The molecule has 3 heteroatoms. The smallest absolute Gasteiger partial charge is 0.153 e. The molecule has 0 atom stereocenters. The minimum atomic E-state index is -0.332. The number of rotatable bonds is 2. The van der Waals surface area contributed by atoms with Crippen LogP contribution < -0.4 is 0 Å². The highest BCUT2D eigenvalue weighted by Gasteiger charge is 2.40. The second-order valence-electron chi connectivity index (χ2n) is 3.01. The Balaban J connectivity index is 2.10. The Hall–Kier alpha value is -0.980. The van der Waals surface area contributed by atoms with Crippen LogP contribution in [0.1, 0.15) is 0 Å². The largest absolute Gasteiger partial charge is 0.376 e. The lowest BCUT2D eigenvalue weighted by atomic mass is 10.1. The molecule has 1 heterocycles. The summed E-state index contributed by atoms with van der Waals surface area (Å²) in [5.41, 5.74) is 0. The Labute approximate surface area is 81.5 Å². The number of hydrogen-bond acceptors (Lipinski definition) is 3. The molecular formula is C10H9NOS. The Kier molecular flexibility index (Phi) is 2.26. The summed E-state index contributed by atoms with van der Waals surface area (Å²) in [5, 5.41) is 8.95. The van der Waals surface area contributed by atoms with Crippen LogP contribution in [0.25, 0.3) is 0 Å². The van der Waals surface area contributed by atoms with E-state index < -0.39 is 0 Å². The van der Waals surface area contributed by atoms with Crippen molar-refractivity contribution in [1.82, 2.24) is 0 Å². The lowest BCUT2D eigenvalue weighted by Crippen LogP contribution is -2.45. The normalized spacial score (nSPS) is 18.7. The summed E-state index contributed by atoms with van der Waals surface area (Å²) in [6, 6.07) is 12.3. The van der Waals surface area contributed by atoms with Crippen LogP contribution in [-0.2, 0) is 4.74 Å². The summed E-state index contributed by atoms with van der Waals surface area (Å²) in [6.45, 7) is 1.09. The first kappa shape index (κ1) is 8.61. The fourth-order valence-electron chi connectivity index (χ4n) is 1.15. The predicted octanol–water partition coefficient (Wildman–Crippen LogP) is 2.07. The first-order valence-corrected chi connectivity index (χ1v) is 4.89. The number of ether oxygens (including phenoxy) is 1. The number of thioether (sulfide) groups is 1. The lowest BCUT2D eigenvalue weighted by Gasteiger charge is -2.34. The number of nitriles is 1. The second-order valence-corrected chi connectivity index (χ2v) is 4.47. The molecule has 0 bridgehead atoms. The molecule has 0 amide bonds. The van der Waals surface area contributed by atoms with Gasteiger partial charge in [-0.25, -0.2) is 0 Å². The molecule has 1 saturated heterocycles. The van der Waals surface area contributed by atoms with Gasteiger partial charge < -0.3 is 4.74 Å². The van der Waals surface area contributed by atoms with Gasteiger partial charge in [-0.2, -0.15) is 5.26 Å². The van der Waals surface area contributed by atoms with Crippen LogP contribution in [0.15, 0.2) is 35.2 Å². The van der Waals surface area contributed by atoms with E-state index in [1.807, 2.05) is 30.3 Å². The van der Waals surface area contributed by atoms with Gasteiger partial charge in [-0.3, -0.25) is 0 Å². The zero-order valence-electron chi connectivity index (χ0n) is 7.06. The lowest BCUT2D eigenvalue weighted by molar-refractivity contribution is 0.0161. The molecule has 1 aliphatic heterocycles. The summed E-state index contributed by atoms with van der Waals surface area (Å²) >= 11 is 1.59. The Morgan fingerprint density at radius 2 is 2.00 bits per heavy atom. The van der Waals surface area contributed by atoms with Crippen molar-refractivity contribution in [2.45, 2.75) is 9.64 Å². The van der Waals surface area contributed by atoms with Crippen LogP contribution in [0.2, 0.25) is 0 Å². The highest BCUT2D eigenvalue weighted by atomic mass is 32.2. The van der Waals surface area contributed by atoms with Gasteiger partial charge in [0.1, 0.15) is 0 Å². The number of nitrogens with zero attached hydrogens (tertiary/aromatic N) is 1. The van der Waals surface area contributed by atoms with Crippen LogP contribution in [0.4, 0.5) is 0 Å². The van der Waals surface area contributed by atoms with Crippen LogP contribution in [-0.4, -0.2) is 18.0 Å². The van der Waals surface area contributed by atoms with Crippen LogP contribution in [0.5, 0.6) is 0 Å². The number of hydrogen-bond donors (Lipinski definition) is 0. The van der Waals surface area contributed by atoms with E-state index in [4.69, 9.17) is 10.00 Å². The SMILES string of the molecule is N#CC1(Sc2ccccc2)COC1. The quantitative estimate of drug-likeness (QED) is 0.717. The van der Waals surface area contributed by atoms with Crippen molar-refractivity contribution in [2.24, 2.45) is 0 Å². The molecule has 66 valence electrons. The molecule has 0 unspecified atom stereocenters. The highest BCUT2D eigenvalue weighted by Crippen LogP contribution is 2.37. The Morgan fingerprint density at radius 1 is 1.31 bits per heavy atom. The third-order valence-corrected chi connectivity index (χ3v) is 3.16. The van der Waals surface area contributed by atoms with Gasteiger partial charge in [0.2, 0.25) is 0 Å². The topological polar surface area (TPSA) is 33.0 Å². The van der Waals surface area contributed by atoms with Gasteiger partial charge in [-0.1, -0.05) is 30.0 Å². The Morgan fingerprint density at radius 3 is 2.46 bits per heavy atom. The van der Waals surface area contributed by atoms with Crippen molar-refractivity contribution >= 4 is 11.8 Å². The molecule has 0 radical (unpaired) electrons. The van der Waals surface area contributed by atoms with E-state index in [2.05, 4.69) is 6.07 Å². The van der Waals surface area contributed by atoms with E-state index in [-0.39, 0.29) is 4.75 Å². The zero-order chi connectivity index (χ0) is 9.15. The maximum atomic E-state index is 8.95. The fraction of sp³-hybridized carbons (Fsp3) is 0.300. The predicted molar refractivity (Wildman–Crippen MR) is 51.5 cm³/mol. The van der Waals surface area contributed by atoms with Gasteiger partial charge in [0, 0.05) is 4.90 Å². The minimum Gasteiger partial charge on any atom is -0.376 e. The van der Waals surface area contributed by atoms with Gasteiger partial charge in [0.05, 0.1) is 19.3 Å². The van der Waals surface area contributed by atoms with E-state index in [1.165, 1.54) is 0 Å². The maximum absolute atomic E-state index is 8.95. The Bertz CT molecular complexity index is 327. The second kappa shape index (κ2) is 3.41. The molecule has 0 aliphatic carbocycles. The summed E-state index contributed by atoms with van der Waals surface area (Å²) in [7, 11) is 0. The fourth-order valence-corrected chi connectivity index (χ4v) is 2.22. The van der Waals surface area contributed by atoms with Crippen molar-refractivity contribution in [3.63, 3.8) is 0 Å². The van der Waals surface area contributed by atoms with Gasteiger partial charge in [-0.05, 0) is 12.1 Å². The van der Waals surface area contributed by atoms with E-state index in [0.717, 1.165) is 4.90 Å². The molecule has 0 N–H and O–H groups in total. The molecule has 2 rings (SSSR count). The van der Waals surface area contributed by atoms with Crippen molar-refractivity contribution in [3.05, 3.63) is 30.3 Å². The molecule has 13 heavy (non-hydrogen) atoms. The molecule has 0 aromatic heterocycles. The summed E-state index contributed by atoms with van der Waals surface area (Å²) in [5.74, 6) is 0. The molecule has 2 nitrogen and oxygen atoms in total.